The molecule has 2 saturated heterocycles. The van der Waals surface area contributed by atoms with Crippen molar-refractivity contribution in [2.45, 2.75) is 32.4 Å². The molecule has 32 heavy (non-hydrogen) atoms. The minimum Gasteiger partial charge on any atom is -0.450 e. The fourth-order valence-corrected chi connectivity index (χ4v) is 3.60. The van der Waals surface area contributed by atoms with Crippen molar-refractivity contribution in [3.8, 4) is 0 Å². The van der Waals surface area contributed by atoms with Gasteiger partial charge in [-0.2, -0.15) is 0 Å². The van der Waals surface area contributed by atoms with Crippen molar-refractivity contribution < 1.29 is 19.1 Å². The number of halogens is 1. The zero-order valence-electron chi connectivity index (χ0n) is 18.2. The van der Waals surface area contributed by atoms with Crippen LogP contribution in [0.1, 0.15) is 35.7 Å². The highest BCUT2D eigenvalue weighted by molar-refractivity contribution is 14.0. The first kappa shape index (κ1) is 25.7. The quantitative estimate of drug-likeness (QED) is 0.280. The first-order valence-corrected chi connectivity index (χ1v) is 10.6. The van der Waals surface area contributed by atoms with Crippen LogP contribution in [-0.2, 0) is 16.1 Å². The van der Waals surface area contributed by atoms with Crippen LogP contribution in [0.3, 0.4) is 0 Å². The highest BCUT2D eigenvalue weighted by Gasteiger charge is 2.24. The van der Waals surface area contributed by atoms with Crippen molar-refractivity contribution in [3.05, 3.63) is 35.4 Å². The Balaban J connectivity index is 0.00000363. The molecule has 176 valence electrons. The maximum atomic E-state index is 12.5. The summed E-state index contributed by atoms with van der Waals surface area (Å²) < 4.78 is 5.02. The lowest BCUT2D eigenvalue weighted by Gasteiger charge is -2.31. The number of aliphatic imine (C=N–C) groups is 1. The number of rotatable bonds is 5. The van der Waals surface area contributed by atoms with E-state index in [4.69, 9.17) is 10.5 Å². The molecule has 0 saturated carbocycles. The highest BCUT2D eigenvalue weighted by Crippen LogP contribution is 2.12. The van der Waals surface area contributed by atoms with E-state index in [1.165, 1.54) is 0 Å². The number of nitrogens with zero attached hydrogens (tertiary/aromatic N) is 3. The molecule has 0 bridgehead atoms. The number of hydrogen-bond donors (Lipinski definition) is 3. The van der Waals surface area contributed by atoms with Crippen molar-refractivity contribution in [3.63, 3.8) is 0 Å². The van der Waals surface area contributed by atoms with Gasteiger partial charge in [-0.25, -0.2) is 9.79 Å². The maximum absolute atomic E-state index is 12.5. The van der Waals surface area contributed by atoms with E-state index < -0.39 is 0 Å². The molecule has 11 heteroatoms. The normalized spacial score (nSPS) is 17.3. The summed E-state index contributed by atoms with van der Waals surface area (Å²) in [7, 11) is 0. The predicted octanol–water partition coefficient (Wildman–Crippen LogP) is 0.902. The number of likely N-dealkylation sites (tertiary alicyclic amines) is 1. The summed E-state index contributed by atoms with van der Waals surface area (Å²) in [6.07, 6.45) is 1.29. The molecule has 0 radical (unpaired) electrons. The van der Waals surface area contributed by atoms with Gasteiger partial charge in [0.1, 0.15) is 0 Å². The van der Waals surface area contributed by atoms with Crippen LogP contribution >= 0.6 is 24.0 Å². The molecular weight excluding hydrogens is 527 g/mol. The lowest BCUT2D eigenvalue weighted by molar-refractivity contribution is -0.123. The fourth-order valence-electron chi connectivity index (χ4n) is 3.60. The third-order valence-electron chi connectivity index (χ3n) is 5.33. The van der Waals surface area contributed by atoms with Crippen LogP contribution < -0.4 is 16.4 Å². The number of guanidine groups is 1. The number of nitrogens with two attached hydrogens (primary N) is 1. The van der Waals surface area contributed by atoms with Crippen molar-refractivity contribution in [2.75, 3.05) is 39.3 Å². The van der Waals surface area contributed by atoms with Crippen LogP contribution in [0.25, 0.3) is 0 Å². The molecule has 3 rings (SSSR count). The minimum atomic E-state index is -0.270. The summed E-state index contributed by atoms with van der Waals surface area (Å²) >= 11 is 0. The summed E-state index contributed by atoms with van der Waals surface area (Å²) in [5.41, 5.74) is 7.49. The highest BCUT2D eigenvalue weighted by atomic mass is 127. The number of carbonyl (C=O) groups excluding carboxylic acids is 3. The molecule has 1 aromatic carbocycles. The number of amides is 3. The van der Waals surface area contributed by atoms with E-state index >= 15 is 0 Å². The Kier molecular flexibility index (Phi) is 10.0. The van der Waals surface area contributed by atoms with Gasteiger partial charge in [0.2, 0.25) is 5.91 Å². The molecule has 0 aliphatic carbocycles. The topological polar surface area (TPSA) is 129 Å². The fraction of sp³-hybridized carbons (Fsp3) is 0.524. The lowest BCUT2D eigenvalue weighted by atomic mass is 10.1. The number of nitrogens with one attached hydrogen (secondary N) is 2. The summed E-state index contributed by atoms with van der Waals surface area (Å²) in [6.45, 7) is 4.89. The van der Waals surface area contributed by atoms with Gasteiger partial charge in [-0.1, -0.05) is 12.1 Å². The average molecular weight is 558 g/mol. The molecule has 0 aromatic heterocycles. The Morgan fingerprint density at radius 2 is 1.88 bits per heavy atom. The van der Waals surface area contributed by atoms with E-state index in [1.807, 2.05) is 12.1 Å². The Labute approximate surface area is 204 Å². The van der Waals surface area contributed by atoms with Gasteiger partial charge in [0, 0.05) is 37.8 Å². The van der Waals surface area contributed by atoms with Crippen LogP contribution in [0.15, 0.2) is 29.3 Å². The maximum Gasteiger partial charge on any atom is 0.409 e. The van der Waals surface area contributed by atoms with Gasteiger partial charge >= 0.3 is 6.09 Å². The van der Waals surface area contributed by atoms with Gasteiger partial charge < -0.3 is 30.9 Å². The van der Waals surface area contributed by atoms with E-state index in [0.29, 0.717) is 50.9 Å². The van der Waals surface area contributed by atoms with Crippen molar-refractivity contribution in [1.82, 2.24) is 20.4 Å². The van der Waals surface area contributed by atoms with Gasteiger partial charge in [0.05, 0.1) is 19.7 Å². The van der Waals surface area contributed by atoms with Crippen LogP contribution in [0.5, 0.6) is 0 Å². The Bertz CT molecular complexity index is 824. The van der Waals surface area contributed by atoms with Crippen LogP contribution in [-0.4, -0.2) is 79.0 Å². The van der Waals surface area contributed by atoms with Crippen molar-refractivity contribution in [2.24, 2.45) is 10.7 Å². The summed E-state index contributed by atoms with van der Waals surface area (Å²) in [6, 6.07) is 7.33. The van der Waals surface area contributed by atoms with Crippen molar-refractivity contribution in [1.29, 1.82) is 0 Å². The molecule has 1 aromatic rings. The second kappa shape index (κ2) is 12.5. The summed E-state index contributed by atoms with van der Waals surface area (Å²) in [5, 5.41) is 5.92. The van der Waals surface area contributed by atoms with Gasteiger partial charge in [0.15, 0.2) is 5.96 Å². The number of piperidine rings is 1. The molecule has 0 atom stereocenters. The number of piperazine rings is 1. The van der Waals surface area contributed by atoms with E-state index in [-0.39, 0.29) is 54.5 Å². The van der Waals surface area contributed by atoms with E-state index in [9.17, 15) is 14.4 Å². The minimum absolute atomic E-state index is 0. The molecule has 4 N–H and O–H groups in total. The number of hydrogen-bond acceptors (Lipinski definition) is 5. The Hall–Kier alpha value is -2.57. The van der Waals surface area contributed by atoms with Gasteiger partial charge in [-0.3, -0.25) is 9.59 Å². The van der Waals surface area contributed by atoms with E-state index in [2.05, 4.69) is 15.6 Å². The van der Waals surface area contributed by atoms with Crippen LogP contribution in [0.2, 0.25) is 0 Å². The first-order chi connectivity index (χ1) is 15.0. The number of ether oxygens (including phenoxy) is 1. The second-order valence-corrected chi connectivity index (χ2v) is 7.58. The molecule has 2 heterocycles. The average Bonchev–Trinajstić information content (AvgIpc) is 2.78. The van der Waals surface area contributed by atoms with Gasteiger partial charge in [-0.05, 0) is 37.5 Å². The number of carbonyl (C=O) groups is 3. The molecular formula is C21H31IN6O4. The van der Waals surface area contributed by atoms with Crippen molar-refractivity contribution >= 4 is 47.8 Å². The largest absolute Gasteiger partial charge is 0.450 e. The Morgan fingerprint density at radius 3 is 2.50 bits per heavy atom. The SMILES string of the molecule is CCOC(=O)N1CCC(NC(N)=NCc2ccc(C(=O)N3CCNC(=O)C3)cc2)CC1.I. The zero-order chi connectivity index (χ0) is 22.2. The predicted molar refractivity (Wildman–Crippen MR) is 131 cm³/mol. The molecule has 0 unspecified atom stereocenters. The molecule has 0 spiro atoms. The van der Waals surface area contributed by atoms with E-state index in [1.54, 1.807) is 28.9 Å². The van der Waals surface area contributed by atoms with Crippen LogP contribution in [0, 0.1) is 0 Å². The molecule has 10 nitrogen and oxygen atoms in total. The monoisotopic (exact) mass is 558 g/mol. The smallest absolute Gasteiger partial charge is 0.409 e. The third-order valence-corrected chi connectivity index (χ3v) is 5.33. The summed E-state index contributed by atoms with van der Waals surface area (Å²) in [4.78, 5) is 43.3. The molecule has 3 amide bonds. The molecule has 2 aliphatic heterocycles. The zero-order valence-corrected chi connectivity index (χ0v) is 20.5. The second-order valence-electron chi connectivity index (χ2n) is 7.58. The lowest BCUT2D eigenvalue weighted by Crippen LogP contribution is -2.49. The Morgan fingerprint density at radius 1 is 1.19 bits per heavy atom. The number of benzene rings is 1. The third kappa shape index (κ3) is 7.24. The molecule has 2 aliphatic rings. The van der Waals surface area contributed by atoms with Gasteiger partial charge in [-0.15, -0.1) is 24.0 Å². The first-order valence-electron chi connectivity index (χ1n) is 10.6. The molecule has 2 fully saturated rings. The van der Waals surface area contributed by atoms with Gasteiger partial charge in [0.25, 0.3) is 5.91 Å². The van der Waals surface area contributed by atoms with Crippen LogP contribution in [0.4, 0.5) is 4.79 Å². The van der Waals surface area contributed by atoms with E-state index in [0.717, 1.165) is 18.4 Å². The standard InChI is InChI=1S/C21H30N6O4.HI/c1-2-31-21(30)26-10-7-17(8-11-26)25-20(22)24-13-15-3-5-16(6-4-15)19(29)27-12-9-23-18(28)14-27;/h3-6,17H,2,7-14H2,1H3,(H,23,28)(H3,22,24,25);1H. The summed E-state index contributed by atoms with van der Waals surface area (Å²) in [5.74, 6) is 0.0643.